The molecule has 1 aromatic carbocycles. The van der Waals surface area contributed by atoms with Crippen molar-refractivity contribution in [1.82, 2.24) is 5.32 Å². The summed E-state index contributed by atoms with van der Waals surface area (Å²) in [6.45, 7) is 5.07. The van der Waals surface area contributed by atoms with Gasteiger partial charge < -0.3 is 15.2 Å². The smallest absolute Gasteiger partial charge is 0.122 e. The molecule has 0 spiro atoms. The third-order valence-electron chi connectivity index (χ3n) is 3.30. The molecule has 18 heavy (non-hydrogen) atoms. The van der Waals surface area contributed by atoms with Crippen LogP contribution in [0.25, 0.3) is 0 Å². The van der Waals surface area contributed by atoms with Crippen molar-refractivity contribution in [2.24, 2.45) is 0 Å². The van der Waals surface area contributed by atoms with E-state index in [1.165, 1.54) is 17.5 Å². The molecule has 3 heteroatoms. The molecule has 3 nitrogen and oxygen atoms in total. The fourth-order valence-electron chi connectivity index (χ4n) is 2.34. The first-order valence-corrected chi connectivity index (χ1v) is 6.82. The Kier molecular flexibility index (Phi) is 4.61. The van der Waals surface area contributed by atoms with Gasteiger partial charge in [0.2, 0.25) is 0 Å². The van der Waals surface area contributed by atoms with Crippen LogP contribution in [0.15, 0.2) is 18.2 Å². The molecular formula is C15H23NO2. The van der Waals surface area contributed by atoms with Gasteiger partial charge in [-0.25, -0.2) is 0 Å². The zero-order chi connectivity index (χ0) is 13.0. The zero-order valence-electron chi connectivity index (χ0n) is 11.3. The second kappa shape index (κ2) is 6.21. The topological polar surface area (TPSA) is 41.5 Å². The van der Waals surface area contributed by atoms with Gasteiger partial charge >= 0.3 is 0 Å². The van der Waals surface area contributed by atoms with Crippen molar-refractivity contribution >= 4 is 0 Å². The Labute approximate surface area is 109 Å². The van der Waals surface area contributed by atoms with Gasteiger partial charge in [-0.2, -0.15) is 0 Å². The predicted molar refractivity (Wildman–Crippen MR) is 73.1 cm³/mol. The average Bonchev–Trinajstić information content (AvgIpc) is 2.82. The molecule has 0 heterocycles. The van der Waals surface area contributed by atoms with Gasteiger partial charge in [0.25, 0.3) is 0 Å². The van der Waals surface area contributed by atoms with Crippen LogP contribution in [0.4, 0.5) is 0 Å². The first kappa shape index (κ1) is 13.4. The van der Waals surface area contributed by atoms with E-state index >= 15 is 0 Å². The number of benzene rings is 1. The maximum absolute atomic E-state index is 9.82. The standard InChI is InChI=1S/C15H23NO2/c1-11(2)16-9-13(17)10-18-15-8-4-6-12-5-3-7-14(12)15/h4,6,8,11,13,16-17H,3,5,7,9-10H2,1-2H3/t13-/m1/s1. The number of hydrogen-bond acceptors (Lipinski definition) is 3. The fraction of sp³-hybridized carbons (Fsp3) is 0.600. The van der Waals surface area contributed by atoms with Crippen LogP contribution in [0, 0.1) is 0 Å². The van der Waals surface area contributed by atoms with Crippen LogP contribution in [-0.4, -0.2) is 30.4 Å². The highest BCUT2D eigenvalue weighted by Crippen LogP contribution is 2.30. The number of ether oxygens (including phenoxy) is 1. The molecule has 0 fully saturated rings. The average molecular weight is 249 g/mol. The Bertz CT molecular complexity index is 390. The molecule has 2 N–H and O–H groups in total. The second-order valence-electron chi connectivity index (χ2n) is 5.28. The first-order chi connectivity index (χ1) is 8.66. The van der Waals surface area contributed by atoms with Crippen molar-refractivity contribution in [2.45, 2.75) is 45.3 Å². The van der Waals surface area contributed by atoms with Crippen molar-refractivity contribution in [1.29, 1.82) is 0 Å². The lowest BCUT2D eigenvalue weighted by atomic mass is 10.1. The summed E-state index contributed by atoms with van der Waals surface area (Å²) in [6.07, 6.45) is 3.02. The molecule has 1 atom stereocenters. The Morgan fingerprint density at radius 2 is 2.17 bits per heavy atom. The highest BCUT2D eigenvalue weighted by molar-refractivity contribution is 5.42. The van der Waals surface area contributed by atoms with Crippen LogP contribution in [0.1, 0.15) is 31.4 Å². The van der Waals surface area contributed by atoms with Crippen LogP contribution in [0.2, 0.25) is 0 Å². The highest BCUT2D eigenvalue weighted by Gasteiger charge is 2.16. The largest absolute Gasteiger partial charge is 0.491 e. The van der Waals surface area contributed by atoms with Gasteiger partial charge in [-0.15, -0.1) is 0 Å². The molecule has 0 amide bonds. The zero-order valence-corrected chi connectivity index (χ0v) is 11.3. The van der Waals surface area contributed by atoms with Crippen LogP contribution in [0.5, 0.6) is 5.75 Å². The van der Waals surface area contributed by atoms with Crippen LogP contribution < -0.4 is 10.1 Å². The second-order valence-corrected chi connectivity index (χ2v) is 5.28. The summed E-state index contributed by atoms with van der Waals surface area (Å²) in [5.74, 6) is 0.952. The van der Waals surface area contributed by atoms with Gasteiger partial charge in [-0.05, 0) is 36.5 Å². The lowest BCUT2D eigenvalue weighted by Gasteiger charge is -2.16. The van der Waals surface area contributed by atoms with E-state index in [4.69, 9.17) is 4.74 Å². The van der Waals surface area contributed by atoms with Gasteiger partial charge in [-0.3, -0.25) is 0 Å². The van der Waals surface area contributed by atoms with E-state index in [1.54, 1.807) is 0 Å². The molecule has 0 radical (unpaired) electrons. The molecular weight excluding hydrogens is 226 g/mol. The van der Waals surface area contributed by atoms with Crippen LogP contribution in [-0.2, 0) is 12.8 Å². The summed E-state index contributed by atoms with van der Waals surface area (Å²) in [6, 6.07) is 6.61. The van der Waals surface area contributed by atoms with E-state index in [0.717, 1.165) is 18.6 Å². The lowest BCUT2D eigenvalue weighted by molar-refractivity contribution is 0.104. The van der Waals surface area contributed by atoms with E-state index in [2.05, 4.69) is 25.2 Å². The quantitative estimate of drug-likeness (QED) is 0.809. The molecule has 2 rings (SSSR count). The fourth-order valence-corrected chi connectivity index (χ4v) is 2.34. The molecule has 100 valence electrons. The molecule has 1 aromatic rings. The third kappa shape index (κ3) is 3.47. The summed E-state index contributed by atoms with van der Waals surface area (Å²) < 4.78 is 5.75. The van der Waals surface area contributed by atoms with Crippen molar-refractivity contribution < 1.29 is 9.84 Å². The van der Waals surface area contributed by atoms with Crippen molar-refractivity contribution in [3.8, 4) is 5.75 Å². The SMILES string of the molecule is CC(C)NC[C@@H](O)COc1cccc2c1CCC2. The predicted octanol–water partition coefficient (Wildman–Crippen LogP) is 1.91. The van der Waals surface area contributed by atoms with Gasteiger partial charge in [0.1, 0.15) is 18.5 Å². The van der Waals surface area contributed by atoms with Crippen LogP contribution in [0.3, 0.4) is 0 Å². The van der Waals surface area contributed by atoms with E-state index in [1.807, 2.05) is 12.1 Å². The normalized spacial score (nSPS) is 15.8. The number of aliphatic hydroxyl groups is 1. The Morgan fingerprint density at radius 3 is 2.94 bits per heavy atom. The molecule has 0 saturated carbocycles. The molecule has 1 aliphatic rings. The van der Waals surface area contributed by atoms with E-state index in [-0.39, 0.29) is 0 Å². The molecule has 0 aliphatic heterocycles. The number of hydrogen-bond donors (Lipinski definition) is 2. The molecule has 0 bridgehead atoms. The van der Waals surface area contributed by atoms with E-state index in [0.29, 0.717) is 19.2 Å². The molecule has 0 aromatic heterocycles. The minimum Gasteiger partial charge on any atom is -0.491 e. The van der Waals surface area contributed by atoms with E-state index in [9.17, 15) is 5.11 Å². The van der Waals surface area contributed by atoms with Gasteiger partial charge in [0, 0.05) is 12.6 Å². The summed E-state index contributed by atoms with van der Waals surface area (Å²) in [4.78, 5) is 0. The van der Waals surface area contributed by atoms with Crippen molar-refractivity contribution in [3.05, 3.63) is 29.3 Å². The van der Waals surface area contributed by atoms with Gasteiger partial charge in [0.05, 0.1) is 0 Å². The Morgan fingerprint density at radius 1 is 1.33 bits per heavy atom. The van der Waals surface area contributed by atoms with E-state index < -0.39 is 6.10 Å². The van der Waals surface area contributed by atoms with Gasteiger partial charge in [-0.1, -0.05) is 26.0 Å². The summed E-state index contributed by atoms with van der Waals surface area (Å²) in [7, 11) is 0. The first-order valence-electron chi connectivity index (χ1n) is 6.82. The lowest BCUT2D eigenvalue weighted by Crippen LogP contribution is -2.35. The molecule has 0 saturated heterocycles. The molecule has 0 unspecified atom stereocenters. The third-order valence-corrected chi connectivity index (χ3v) is 3.30. The van der Waals surface area contributed by atoms with Gasteiger partial charge in [0.15, 0.2) is 0 Å². The van der Waals surface area contributed by atoms with Crippen molar-refractivity contribution in [3.63, 3.8) is 0 Å². The van der Waals surface area contributed by atoms with Crippen LogP contribution >= 0.6 is 0 Å². The number of aliphatic hydroxyl groups excluding tert-OH is 1. The monoisotopic (exact) mass is 249 g/mol. The summed E-state index contributed by atoms with van der Waals surface area (Å²) >= 11 is 0. The number of fused-ring (bicyclic) bond motifs is 1. The number of nitrogens with one attached hydrogen (secondary N) is 1. The summed E-state index contributed by atoms with van der Waals surface area (Å²) in [5.41, 5.74) is 2.74. The minimum atomic E-state index is -0.454. The maximum atomic E-state index is 9.82. The maximum Gasteiger partial charge on any atom is 0.122 e. The Hall–Kier alpha value is -1.06. The Balaban J connectivity index is 1.85. The molecule has 1 aliphatic carbocycles. The number of rotatable bonds is 6. The minimum absolute atomic E-state index is 0.357. The highest BCUT2D eigenvalue weighted by atomic mass is 16.5. The summed E-state index contributed by atoms with van der Waals surface area (Å²) in [5, 5.41) is 13.0. The van der Waals surface area contributed by atoms with Crippen molar-refractivity contribution in [2.75, 3.05) is 13.2 Å². The number of aryl methyl sites for hydroxylation is 1.